The first-order chi connectivity index (χ1) is 19.9. The van der Waals surface area contributed by atoms with Gasteiger partial charge in [-0.25, -0.2) is 14.2 Å². The van der Waals surface area contributed by atoms with Crippen molar-refractivity contribution in [1.29, 1.82) is 0 Å². The first kappa shape index (κ1) is 28.0. The summed E-state index contributed by atoms with van der Waals surface area (Å²) in [5.74, 6) is 0.180. The minimum atomic E-state index is -0.658. The summed E-state index contributed by atoms with van der Waals surface area (Å²) < 4.78 is 32.5. The van der Waals surface area contributed by atoms with Crippen LogP contribution in [0.4, 0.5) is 4.39 Å². The van der Waals surface area contributed by atoms with Crippen molar-refractivity contribution in [3.8, 4) is 11.5 Å². The quantitative estimate of drug-likeness (QED) is 0.266. The van der Waals surface area contributed by atoms with Crippen LogP contribution >= 0.6 is 11.3 Å². The molecule has 4 aromatic rings. The minimum absolute atomic E-state index is 0.178. The lowest BCUT2D eigenvalue weighted by molar-refractivity contribution is -0.136. The van der Waals surface area contributed by atoms with E-state index < -0.39 is 12.0 Å². The highest BCUT2D eigenvalue weighted by Crippen LogP contribution is 2.32. The Labute approximate surface area is 240 Å². The van der Waals surface area contributed by atoms with E-state index in [1.807, 2.05) is 50.2 Å². The fourth-order valence-electron chi connectivity index (χ4n) is 4.76. The molecule has 0 bridgehead atoms. The third kappa shape index (κ3) is 5.85. The normalized spacial score (nSPS) is 14.8. The summed E-state index contributed by atoms with van der Waals surface area (Å²) in [6.45, 7) is 4.38. The Bertz CT molecular complexity index is 1790. The Morgan fingerprint density at radius 1 is 1.02 bits per heavy atom. The molecule has 0 unspecified atom stereocenters. The average molecular weight is 573 g/mol. The van der Waals surface area contributed by atoms with Crippen molar-refractivity contribution in [3.05, 3.63) is 126 Å². The summed E-state index contributed by atoms with van der Waals surface area (Å²) in [5, 5.41) is 0. The van der Waals surface area contributed by atoms with Gasteiger partial charge in [0.1, 0.15) is 12.4 Å². The molecule has 9 heteroatoms. The predicted molar refractivity (Wildman–Crippen MR) is 155 cm³/mol. The zero-order chi connectivity index (χ0) is 28.9. The molecule has 210 valence electrons. The van der Waals surface area contributed by atoms with E-state index in [1.165, 1.54) is 30.6 Å². The molecular weight excluding hydrogens is 543 g/mol. The number of halogens is 1. The molecule has 3 aromatic carbocycles. The first-order valence-corrected chi connectivity index (χ1v) is 14.1. The van der Waals surface area contributed by atoms with Gasteiger partial charge >= 0.3 is 5.97 Å². The smallest absolute Gasteiger partial charge is 0.338 e. The highest BCUT2D eigenvalue weighted by Gasteiger charge is 2.33. The van der Waals surface area contributed by atoms with Crippen LogP contribution in [0.15, 0.2) is 93.9 Å². The summed E-state index contributed by atoms with van der Waals surface area (Å²) >= 11 is 1.26. The standard InChI is InChI=1S/C32H29FN2O5S/c1-4-24-28(31(37)38-3)29(22-11-7-6-8-12-22)35-30(36)27(41-32(35)34-24)18-20-14-15-25(26(17-20)39-5-2)40-19-21-10-9-13-23(33)16-21/h6-18,29H,4-5,19H2,1-3H3/b27-18-/t29-/m1/s1. The zero-order valence-corrected chi connectivity index (χ0v) is 23.7. The maximum atomic E-state index is 13.8. The molecular formula is C32H29FN2O5S. The Balaban J connectivity index is 1.56. The molecule has 0 amide bonds. The number of hydrogen-bond acceptors (Lipinski definition) is 7. The van der Waals surface area contributed by atoms with Gasteiger partial charge in [0.2, 0.25) is 0 Å². The SMILES string of the molecule is CCOc1cc(/C=c2\sc3n(c2=O)[C@H](c2ccccc2)C(C(=O)OC)=C(CC)N=3)ccc1OCc1cccc(F)c1. The number of carbonyl (C=O) groups is 1. The number of nitrogens with zero attached hydrogens (tertiary/aromatic N) is 2. The number of allylic oxidation sites excluding steroid dienone is 1. The van der Waals surface area contributed by atoms with Crippen LogP contribution in [0.5, 0.6) is 11.5 Å². The number of carbonyl (C=O) groups excluding carboxylic acids is 1. The van der Waals surface area contributed by atoms with Crippen LogP contribution < -0.4 is 24.4 Å². The minimum Gasteiger partial charge on any atom is -0.490 e. The lowest BCUT2D eigenvalue weighted by Crippen LogP contribution is -2.40. The van der Waals surface area contributed by atoms with Gasteiger partial charge in [-0.3, -0.25) is 9.36 Å². The Morgan fingerprint density at radius 2 is 1.83 bits per heavy atom. The van der Waals surface area contributed by atoms with Crippen molar-refractivity contribution in [1.82, 2.24) is 4.57 Å². The zero-order valence-electron chi connectivity index (χ0n) is 22.9. The number of fused-ring (bicyclic) bond motifs is 1. The summed E-state index contributed by atoms with van der Waals surface area (Å²) in [6.07, 6.45) is 2.28. The molecule has 0 saturated heterocycles. The third-order valence-corrected chi connectivity index (χ3v) is 7.60. The van der Waals surface area contributed by atoms with Crippen molar-refractivity contribution < 1.29 is 23.4 Å². The maximum Gasteiger partial charge on any atom is 0.338 e. The number of thiazole rings is 1. The second-order valence-electron chi connectivity index (χ2n) is 9.26. The molecule has 2 heterocycles. The second-order valence-corrected chi connectivity index (χ2v) is 10.3. The summed E-state index contributed by atoms with van der Waals surface area (Å²) in [4.78, 5) is 32.0. The number of ether oxygens (including phenoxy) is 3. The number of esters is 1. The largest absolute Gasteiger partial charge is 0.490 e. The topological polar surface area (TPSA) is 79.1 Å². The molecule has 1 aromatic heterocycles. The molecule has 1 atom stereocenters. The highest BCUT2D eigenvalue weighted by atomic mass is 32.1. The lowest BCUT2D eigenvalue weighted by atomic mass is 9.95. The van der Waals surface area contributed by atoms with E-state index in [1.54, 1.807) is 34.9 Å². The van der Waals surface area contributed by atoms with Crippen molar-refractivity contribution in [2.75, 3.05) is 13.7 Å². The van der Waals surface area contributed by atoms with Gasteiger partial charge < -0.3 is 14.2 Å². The van der Waals surface area contributed by atoms with E-state index in [4.69, 9.17) is 19.2 Å². The van der Waals surface area contributed by atoms with Gasteiger partial charge in [-0.05, 0) is 60.4 Å². The van der Waals surface area contributed by atoms with E-state index in [2.05, 4.69) is 0 Å². The van der Waals surface area contributed by atoms with Gasteiger partial charge in [0, 0.05) is 0 Å². The summed E-state index contributed by atoms with van der Waals surface area (Å²) in [7, 11) is 1.33. The van der Waals surface area contributed by atoms with Crippen LogP contribution in [0.2, 0.25) is 0 Å². The van der Waals surface area contributed by atoms with Crippen LogP contribution in [0.3, 0.4) is 0 Å². The van der Waals surface area contributed by atoms with Gasteiger partial charge in [0.25, 0.3) is 5.56 Å². The van der Waals surface area contributed by atoms with Crippen molar-refractivity contribution >= 4 is 23.4 Å². The van der Waals surface area contributed by atoms with E-state index in [9.17, 15) is 14.0 Å². The maximum absolute atomic E-state index is 13.8. The predicted octanol–water partition coefficient (Wildman–Crippen LogP) is 4.92. The van der Waals surface area contributed by atoms with E-state index in [0.29, 0.717) is 50.7 Å². The third-order valence-electron chi connectivity index (χ3n) is 6.61. The fourth-order valence-corrected chi connectivity index (χ4v) is 5.78. The van der Waals surface area contributed by atoms with Crippen LogP contribution in [-0.2, 0) is 16.1 Å². The van der Waals surface area contributed by atoms with Crippen molar-refractivity contribution in [2.24, 2.45) is 4.99 Å². The van der Waals surface area contributed by atoms with Gasteiger partial charge in [-0.1, -0.05) is 66.8 Å². The van der Waals surface area contributed by atoms with Crippen LogP contribution in [0.1, 0.15) is 43.0 Å². The number of hydrogen-bond donors (Lipinski definition) is 0. The number of methoxy groups -OCH3 is 1. The molecule has 0 aliphatic carbocycles. The molecule has 1 aliphatic rings. The molecule has 5 rings (SSSR count). The van der Waals surface area contributed by atoms with Crippen LogP contribution in [0.25, 0.3) is 6.08 Å². The molecule has 0 spiro atoms. The van der Waals surface area contributed by atoms with Crippen molar-refractivity contribution in [3.63, 3.8) is 0 Å². The average Bonchev–Trinajstić information content (AvgIpc) is 3.30. The second kappa shape index (κ2) is 12.3. The monoisotopic (exact) mass is 572 g/mol. The molecule has 0 N–H and O–H groups in total. The summed E-state index contributed by atoms with van der Waals surface area (Å²) in [5.41, 5.74) is 2.92. The van der Waals surface area contributed by atoms with E-state index in [0.717, 1.165) is 11.1 Å². The van der Waals surface area contributed by atoms with Gasteiger partial charge in [-0.2, -0.15) is 0 Å². The molecule has 0 fully saturated rings. The Kier molecular flexibility index (Phi) is 8.45. The summed E-state index contributed by atoms with van der Waals surface area (Å²) in [6, 6.07) is 20.4. The van der Waals surface area contributed by atoms with Gasteiger partial charge in [-0.15, -0.1) is 0 Å². The Hall–Kier alpha value is -4.50. The first-order valence-electron chi connectivity index (χ1n) is 13.3. The van der Waals surface area contributed by atoms with Gasteiger partial charge in [0.05, 0.1) is 35.6 Å². The van der Waals surface area contributed by atoms with E-state index >= 15 is 0 Å². The van der Waals surface area contributed by atoms with E-state index in [-0.39, 0.29) is 18.0 Å². The van der Waals surface area contributed by atoms with Crippen molar-refractivity contribution in [2.45, 2.75) is 32.9 Å². The lowest BCUT2D eigenvalue weighted by Gasteiger charge is -2.25. The molecule has 1 aliphatic heterocycles. The van der Waals surface area contributed by atoms with Crippen LogP contribution in [-0.4, -0.2) is 24.3 Å². The number of benzene rings is 3. The molecule has 41 heavy (non-hydrogen) atoms. The highest BCUT2D eigenvalue weighted by molar-refractivity contribution is 7.07. The molecule has 0 saturated carbocycles. The number of rotatable bonds is 9. The van der Waals surface area contributed by atoms with Crippen LogP contribution in [0, 0.1) is 5.82 Å². The molecule has 0 radical (unpaired) electrons. The number of aromatic nitrogens is 1. The fraction of sp³-hybridized carbons (Fsp3) is 0.219. The molecule has 7 nitrogen and oxygen atoms in total. The van der Waals surface area contributed by atoms with Gasteiger partial charge in [0.15, 0.2) is 16.3 Å². The Morgan fingerprint density at radius 3 is 2.54 bits per heavy atom.